The number of nitriles is 1. The molecule has 130 valence electrons. The van der Waals surface area contributed by atoms with Gasteiger partial charge in [0.15, 0.2) is 0 Å². The van der Waals surface area contributed by atoms with E-state index >= 15 is 0 Å². The van der Waals surface area contributed by atoms with Gasteiger partial charge in [0.2, 0.25) is 0 Å². The van der Waals surface area contributed by atoms with Crippen LogP contribution in [-0.2, 0) is 6.54 Å². The molecule has 0 bridgehead atoms. The zero-order chi connectivity index (χ0) is 16.5. The van der Waals surface area contributed by atoms with Gasteiger partial charge in [-0.2, -0.15) is 5.26 Å². The quantitative estimate of drug-likeness (QED) is 0.696. The normalized spacial score (nSPS) is 21.9. The number of hydrogen-bond acceptors (Lipinski definition) is 3. The highest BCUT2D eigenvalue weighted by Gasteiger charge is 2.37. The van der Waals surface area contributed by atoms with E-state index in [1.54, 1.807) is 0 Å². The summed E-state index contributed by atoms with van der Waals surface area (Å²) in [5.41, 5.74) is 3.27. The molecular formula is C20H20BrClN2O. The molecule has 0 unspecified atom stereocenters. The Morgan fingerprint density at radius 2 is 2.00 bits per heavy atom. The lowest BCUT2D eigenvalue weighted by atomic mass is 9.81. The minimum absolute atomic E-state index is 0. The second kappa shape index (κ2) is 7.78. The summed E-state index contributed by atoms with van der Waals surface area (Å²) < 4.78 is 7.13. The summed E-state index contributed by atoms with van der Waals surface area (Å²) in [5.74, 6) is 1.42. The SMILES string of the molecule is Cl.N#Cc1ccc2c(c1)[C@@H]1CCCN(Cc3ccc(Br)cc3)[C@H]1CO2. The van der Waals surface area contributed by atoms with Gasteiger partial charge in [-0.1, -0.05) is 28.1 Å². The topological polar surface area (TPSA) is 36.3 Å². The zero-order valence-electron chi connectivity index (χ0n) is 13.8. The molecule has 2 atom stereocenters. The average Bonchev–Trinajstić information content (AvgIpc) is 2.63. The van der Waals surface area contributed by atoms with E-state index in [0.717, 1.165) is 35.5 Å². The van der Waals surface area contributed by atoms with Gasteiger partial charge in [0, 0.05) is 22.5 Å². The van der Waals surface area contributed by atoms with Gasteiger partial charge in [-0.05, 0) is 55.3 Å². The van der Waals surface area contributed by atoms with Crippen LogP contribution < -0.4 is 4.74 Å². The number of likely N-dealkylation sites (tertiary alicyclic amines) is 1. The molecule has 25 heavy (non-hydrogen) atoms. The molecule has 0 N–H and O–H groups in total. The van der Waals surface area contributed by atoms with Crippen molar-refractivity contribution >= 4 is 28.3 Å². The minimum atomic E-state index is 0. The molecule has 0 amide bonds. The van der Waals surface area contributed by atoms with Gasteiger partial charge in [-0.3, -0.25) is 4.90 Å². The molecule has 3 nitrogen and oxygen atoms in total. The lowest BCUT2D eigenvalue weighted by molar-refractivity contribution is 0.0600. The Balaban J connectivity index is 0.00000182. The van der Waals surface area contributed by atoms with Crippen LogP contribution >= 0.6 is 28.3 Å². The van der Waals surface area contributed by atoms with Crippen LogP contribution in [0.25, 0.3) is 0 Å². The van der Waals surface area contributed by atoms with Crippen LogP contribution in [0.2, 0.25) is 0 Å². The van der Waals surface area contributed by atoms with E-state index in [2.05, 4.69) is 51.2 Å². The molecule has 0 saturated carbocycles. The third-order valence-electron chi connectivity index (χ3n) is 5.14. The third kappa shape index (κ3) is 3.69. The van der Waals surface area contributed by atoms with E-state index in [4.69, 9.17) is 4.74 Å². The first-order valence-corrected chi connectivity index (χ1v) is 9.19. The second-order valence-electron chi connectivity index (χ2n) is 6.59. The van der Waals surface area contributed by atoms with Crippen LogP contribution in [0.1, 0.15) is 35.4 Å². The zero-order valence-corrected chi connectivity index (χ0v) is 16.2. The van der Waals surface area contributed by atoms with Crippen molar-refractivity contribution < 1.29 is 4.74 Å². The highest BCUT2D eigenvalue weighted by Crippen LogP contribution is 2.42. The summed E-state index contributed by atoms with van der Waals surface area (Å²) in [4.78, 5) is 2.54. The van der Waals surface area contributed by atoms with Crippen molar-refractivity contribution in [3.05, 3.63) is 63.6 Å². The first-order valence-electron chi connectivity index (χ1n) is 8.40. The summed E-state index contributed by atoms with van der Waals surface area (Å²) in [6.07, 6.45) is 2.36. The number of ether oxygens (including phenoxy) is 1. The average molecular weight is 420 g/mol. The predicted octanol–water partition coefficient (Wildman–Crippen LogP) is 4.88. The summed E-state index contributed by atoms with van der Waals surface area (Å²) in [6.45, 7) is 2.79. The summed E-state index contributed by atoms with van der Waals surface area (Å²) in [7, 11) is 0. The van der Waals surface area contributed by atoms with E-state index < -0.39 is 0 Å². The van der Waals surface area contributed by atoms with Crippen LogP contribution in [0.15, 0.2) is 46.9 Å². The predicted molar refractivity (Wildman–Crippen MR) is 104 cm³/mol. The molecule has 2 aromatic rings. The molecule has 2 aromatic carbocycles. The maximum atomic E-state index is 9.20. The summed E-state index contributed by atoms with van der Waals surface area (Å²) in [5, 5.41) is 9.20. The van der Waals surface area contributed by atoms with Crippen molar-refractivity contribution in [1.29, 1.82) is 5.26 Å². The van der Waals surface area contributed by atoms with E-state index in [-0.39, 0.29) is 12.4 Å². The van der Waals surface area contributed by atoms with Crippen LogP contribution in [-0.4, -0.2) is 24.1 Å². The first-order chi connectivity index (χ1) is 11.7. The molecule has 2 heterocycles. The standard InChI is InChI=1S/C20H19BrN2O.ClH/c21-16-6-3-14(4-7-16)12-23-9-1-2-17-18-10-15(11-22)5-8-20(18)24-13-19(17)23;/h3-8,10,17,19H,1-2,9,12-13H2;1H/t17-,19-;/m0./s1. The van der Waals surface area contributed by atoms with Crippen LogP contribution in [0, 0.1) is 11.3 Å². The van der Waals surface area contributed by atoms with E-state index in [0.29, 0.717) is 12.0 Å². The maximum Gasteiger partial charge on any atom is 0.123 e. The number of hydrogen-bond donors (Lipinski definition) is 0. The molecule has 0 spiro atoms. The Hall–Kier alpha value is -1.54. The van der Waals surface area contributed by atoms with Gasteiger partial charge >= 0.3 is 0 Å². The molecule has 0 radical (unpaired) electrons. The van der Waals surface area contributed by atoms with Crippen molar-refractivity contribution in [2.45, 2.75) is 31.3 Å². The van der Waals surface area contributed by atoms with E-state index in [1.807, 2.05) is 18.2 Å². The highest BCUT2D eigenvalue weighted by molar-refractivity contribution is 9.10. The van der Waals surface area contributed by atoms with Crippen molar-refractivity contribution in [3.63, 3.8) is 0 Å². The number of benzene rings is 2. The number of rotatable bonds is 2. The van der Waals surface area contributed by atoms with Gasteiger partial charge in [0.05, 0.1) is 17.7 Å². The van der Waals surface area contributed by atoms with Gasteiger partial charge in [-0.25, -0.2) is 0 Å². The molecule has 0 aromatic heterocycles. The third-order valence-corrected chi connectivity index (χ3v) is 5.67. The molecule has 0 aliphatic carbocycles. The number of nitrogens with zero attached hydrogens (tertiary/aromatic N) is 2. The van der Waals surface area contributed by atoms with Crippen LogP contribution in [0.4, 0.5) is 0 Å². The summed E-state index contributed by atoms with van der Waals surface area (Å²) in [6, 6.07) is 17.0. The number of piperidine rings is 1. The lowest BCUT2D eigenvalue weighted by Gasteiger charge is -2.44. The highest BCUT2D eigenvalue weighted by atomic mass is 79.9. The maximum absolute atomic E-state index is 9.20. The van der Waals surface area contributed by atoms with Crippen LogP contribution in [0.5, 0.6) is 5.75 Å². The van der Waals surface area contributed by atoms with Gasteiger partial charge in [0.25, 0.3) is 0 Å². The van der Waals surface area contributed by atoms with Gasteiger partial charge < -0.3 is 4.74 Å². The van der Waals surface area contributed by atoms with E-state index in [9.17, 15) is 5.26 Å². The number of halogens is 2. The smallest absolute Gasteiger partial charge is 0.123 e. The Morgan fingerprint density at radius 1 is 1.20 bits per heavy atom. The molecule has 2 aliphatic heterocycles. The van der Waals surface area contributed by atoms with Crippen molar-refractivity contribution in [3.8, 4) is 11.8 Å². The Bertz CT molecular complexity index is 787. The molecular weight excluding hydrogens is 400 g/mol. The molecule has 4 rings (SSSR count). The fraction of sp³-hybridized carbons (Fsp3) is 0.350. The molecule has 2 aliphatic rings. The Kier molecular flexibility index (Phi) is 5.68. The van der Waals surface area contributed by atoms with Gasteiger partial charge in [0.1, 0.15) is 12.4 Å². The molecule has 1 saturated heterocycles. The van der Waals surface area contributed by atoms with Crippen LogP contribution in [0.3, 0.4) is 0 Å². The van der Waals surface area contributed by atoms with Gasteiger partial charge in [-0.15, -0.1) is 12.4 Å². The fourth-order valence-corrected chi connectivity index (χ4v) is 4.21. The Labute approximate surface area is 163 Å². The first kappa shape index (κ1) is 18.3. The van der Waals surface area contributed by atoms with Crippen molar-refractivity contribution in [1.82, 2.24) is 4.90 Å². The summed E-state index contributed by atoms with van der Waals surface area (Å²) >= 11 is 3.50. The second-order valence-corrected chi connectivity index (χ2v) is 7.50. The monoisotopic (exact) mass is 418 g/mol. The minimum Gasteiger partial charge on any atom is -0.492 e. The van der Waals surface area contributed by atoms with Crippen molar-refractivity contribution in [2.75, 3.05) is 13.2 Å². The molecule has 5 heteroatoms. The largest absolute Gasteiger partial charge is 0.492 e. The molecule has 1 fully saturated rings. The van der Waals surface area contributed by atoms with E-state index in [1.165, 1.54) is 24.0 Å². The Morgan fingerprint density at radius 3 is 2.76 bits per heavy atom. The fourth-order valence-electron chi connectivity index (χ4n) is 3.95. The van der Waals surface area contributed by atoms with Crippen molar-refractivity contribution in [2.24, 2.45) is 0 Å². The number of fused-ring (bicyclic) bond motifs is 3. The lowest BCUT2D eigenvalue weighted by Crippen LogP contribution is -2.48.